The second-order valence-corrected chi connectivity index (χ2v) is 10.5. The highest BCUT2D eigenvalue weighted by molar-refractivity contribution is 5.99. The molecule has 1 fully saturated rings. The van der Waals surface area contributed by atoms with E-state index in [2.05, 4.69) is 49.4 Å². The first kappa shape index (κ1) is 23.7. The van der Waals surface area contributed by atoms with Crippen LogP contribution in [0.15, 0.2) is 60.9 Å². The third kappa shape index (κ3) is 4.27. The molecule has 7 heteroatoms. The van der Waals surface area contributed by atoms with Crippen molar-refractivity contribution >= 4 is 28.4 Å². The summed E-state index contributed by atoms with van der Waals surface area (Å²) < 4.78 is 0. The largest absolute Gasteiger partial charge is 0.356 e. The Morgan fingerprint density at radius 1 is 0.973 bits per heavy atom. The Hall–Kier alpha value is -3.71. The maximum Gasteiger partial charge on any atom is 0.245 e. The van der Waals surface area contributed by atoms with E-state index < -0.39 is 5.54 Å². The Balaban J connectivity index is 1.23. The first-order valence-corrected chi connectivity index (χ1v) is 13.3. The summed E-state index contributed by atoms with van der Waals surface area (Å²) >= 11 is 0. The van der Waals surface area contributed by atoms with E-state index in [0.29, 0.717) is 0 Å². The van der Waals surface area contributed by atoms with Crippen molar-refractivity contribution in [1.29, 1.82) is 0 Å². The third-order valence-corrected chi connectivity index (χ3v) is 8.26. The number of H-pyrrole nitrogens is 1. The van der Waals surface area contributed by atoms with Crippen LogP contribution in [0.3, 0.4) is 0 Å². The van der Waals surface area contributed by atoms with Crippen LogP contribution >= 0.6 is 0 Å². The second kappa shape index (κ2) is 9.63. The molecule has 2 N–H and O–H groups in total. The van der Waals surface area contributed by atoms with E-state index in [-0.39, 0.29) is 5.91 Å². The quantitative estimate of drug-likeness (QED) is 0.406. The van der Waals surface area contributed by atoms with Gasteiger partial charge in [-0.3, -0.25) is 9.69 Å². The SMILES string of the molecule is CN(C)C1(C(=O)Nc2cccc(-c3ccccc3)c2)CCN(c2ncnc3[nH]c4c(c23)CCCC4)CC1. The molecule has 1 saturated heterocycles. The molecule has 6 rings (SSSR count). The lowest BCUT2D eigenvalue weighted by molar-refractivity contribution is -0.127. The van der Waals surface area contributed by atoms with Gasteiger partial charge in [-0.15, -0.1) is 0 Å². The summed E-state index contributed by atoms with van der Waals surface area (Å²) in [4.78, 5) is 31.0. The average molecular weight is 495 g/mol. The van der Waals surface area contributed by atoms with E-state index in [9.17, 15) is 4.79 Å². The lowest BCUT2D eigenvalue weighted by atomic mass is 9.84. The van der Waals surface area contributed by atoms with E-state index in [0.717, 1.165) is 67.1 Å². The van der Waals surface area contributed by atoms with Gasteiger partial charge in [0.1, 0.15) is 23.3 Å². The van der Waals surface area contributed by atoms with E-state index in [1.54, 1.807) is 6.33 Å². The van der Waals surface area contributed by atoms with Crippen LogP contribution in [0.4, 0.5) is 11.5 Å². The molecule has 0 saturated carbocycles. The van der Waals surface area contributed by atoms with Crippen LogP contribution in [-0.2, 0) is 17.6 Å². The molecule has 0 spiro atoms. The molecule has 1 aliphatic carbocycles. The maximum atomic E-state index is 13.8. The van der Waals surface area contributed by atoms with Crippen LogP contribution in [0, 0.1) is 0 Å². The van der Waals surface area contributed by atoms with Crippen molar-refractivity contribution in [2.75, 3.05) is 37.4 Å². The lowest BCUT2D eigenvalue weighted by Crippen LogP contribution is -2.59. The van der Waals surface area contributed by atoms with Crippen LogP contribution in [-0.4, -0.2) is 58.5 Å². The molecule has 0 atom stereocenters. The average Bonchev–Trinajstić information content (AvgIpc) is 3.32. The molecule has 3 heterocycles. The molecule has 2 aromatic heterocycles. The van der Waals surface area contributed by atoms with E-state index in [4.69, 9.17) is 4.98 Å². The number of benzene rings is 2. The molecule has 190 valence electrons. The summed E-state index contributed by atoms with van der Waals surface area (Å²) in [5.74, 6) is 1.06. The molecule has 1 aliphatic heterocycles. The van der Waals surface area contributed by atoms with Gasteiger partial charge in [0.15, 0.2) is 0 Å². The zero-order chi connectivity index (χ0) is 25.4. The molecule has 2 aromatic carbocycles. The zero-order valence-corrected chi connectivity index (χ0v) is 21.6. The molecule has 37 heavy (non-hydrogen) atoms. The van der Waals surface area contributed by atoms with E-state index in [1.165, 1.54) is 29.5 Å². The first-order valence-electron chi connectivity index (χ1n) is 13.3. The standard InChI is InChI=1S/C30H34N6O/c1-35(2)30(29(37)33-23-12-8-11-22(19-23)21-9-4-3-5-10-21)15-17-36(18-16-30)28-26-24-13-6-7-14-25(24)34-27(26)31-20-32-28/h3-5,8-12,19-20H,6-7,13-18H2,1-2H3,(H,33,37)(H,31,32,34). The van der Waals surface area contributed by atoms with Crippen LogP contribution in [0.1, 0.15) is 36.9 Å². The highest BCUT2D eigenvalue weighted by Gasteiger charge is 2.44. The van der Waals surface area contributed by atoms with Crippen molar-refractivity contribution < 1.29 is 4.79 Å². The number of piperidine rings is 1. The highest BCUT2D eigenvalue weighted by Crippen LogP contribution is 2.37. The summed E-state index contributed by atoms with van der Waals surface area (Å²) in [6.07, 6.45) is 7.71. The number of hydrogen-bond donors (Lipinski definition) is 2. The number of nitrogens with zero attached hydrogens (tertiary/aromatic N) is 4. The van der Waals surface area contributed by atoms with Gasteiger partial charge in [0.2, 0.25) is 5.91 Å². The minimum Gasteiger partial charge on any atom is -0.356 e. The maximum absolute atomic E-state index is 13.8. The topological polar surface area (TPSA) is 77.2 Å². The van der Waals surface area contributed by atoms with Crippen LogP contribution in [0.2, 0.25) is 0 Å². The van der Waals surface area contributed by atoms with Gasteiger partial charge < -0.3 is 15.2 Å². The molecular weight excluding hydrogens is 460 g/mol. The van der Waals surface area contributed by atoms with Gasteiger partial charge in [-0.2, -0.15) is 0 Å². The van der Waals surface area contributed by atoms with Gasteiger partial charge in [-0.05, 0) is 81.4 Å². The Kier molecular flexibility index (Phi) is 6.16. The van der Waals surface area contributed by atoms with Crippen molar-refractivity contribution in [2.45, 2.75) is 44.1 Å². The van der Waals surface area contributed by atoms with Gasteiger partial charge in [0.25, 0.3) is 0 Å². The monoisotopic (exact) mass is 494 g/mol. The fraction of sp³-hybridized carbons (Fsp3) is 0.367. The number of likely N-dealkylation sites (N-methyl/N-ethyl adjacent to an activating group) is 1. The molecule has 4 aromatic rings. The van der Waals surface area contributed by atoms with Gasteiger partial charge >= 0.3 is 0 Å². The fourth-order valence-corrected chi connectivity index (χ4v) is 6.07. The third-order valence-electron chi connectivity index (χ3n) is 8.26. The minimum atomic E-state index is -0.580. The highest BCUT2D eigenvalue weighted by atomic mass is 16.2. The Labute approximate surface area is 217 Å². The first-order chi connectivity index (χ1) is 18.0. The Bertz CT molecular complexity index is 1420. The number of aryl methyl sites for hydroxylation is 2. The number of hydrogen-bond acceptors (Lipinski definition) is 5. The van der Waals surface area contributed by atoms with Gasteiger partial charge in [0.05, 0.1) is 5.39 Å². The lowest BCUT2D eigenvalue weighted by Gasteiger charge is -2.45. The van der Waals surface area contributed by atoms with Crippen LogP contribution in [0.5, 0.6) is 0 Å². The molecule has 0 bridgehead atoms. The Morgan fingerprint density at radius 2 is 1.73 bits per heavy atom. The number of anilines is 2. The van der Waals surface area contributed by atoms with E-state index >= 15 is 0 Å². The summed E-state index contributed by atoms with van der Waals surface area (Å²) in [5, 5.41) is 4.41. The normalized spacial score (nSPS) is 17.1. The molecule has 0 radical (unpaired) electrons. The van der Waals surface area contributed by atoms with Crippen molar-refractivity contribution in [3.63, 3.8) is 0 Å². The number of nitrogens with one attached hydrogen (secondary N) is 2. The van der Waals surface area contributed by atoms with Crippen LogP contribution in [0.25, 0.3) is 22.2 Å². The van der Waals surface area contributed by atoms with Gasteiger partial charge in [0, 0.05) is 24.5 Å². The number of fused-ring (bicyclic) bond motifs is 3. The van der Waals surface area contributed by atoms with Crippen LogP contribution < -0.4 is 10.2 Å². The second-order valence-electron chi connectivity index (χ2n) is 10.5. The summed E-state index contributed by atoms with van der Waals surface area (Å²) in [7, 11) is 4.03. The number of carbonyl (C=O) groups excluding carboxylic acids is 1. The predicted octanol–water partition coefficient (Wildman–Crippen LogP) is 5.04. The van der Waals surface area contributed by atoms with E-state index in [1.807, 2.05) is 44.4 Å². The number of aromatic nitrogens is 3. The van der Waals surface area contributed by atoms with Crippen molar-refractivity contribution in [3.8, 4) is 11.1 Å². The van der Waals surface area contributed by atoms with Crippen molar-refractivity contribution in [2.24, 2.45) is 0 Å². The molecule has 2 aliphatic rings. The van der Waals surface area contributed by atoms with Crippen molar-refractivity contribution in [3.05, 3.63) is 72.2 Å². The number of amides is 1. The Morgan fingerprint density at radius 3 is 2.51 bits per heavy atom. The number of aromatic amines is 1. The summed E-state index contributed by atoms with van der Waals surface area (Å²) in [6, 6.07) is 18.4. The fourth-order valence-electron chi connectivity index (χ4n) is 6.07. The number of rotatable bonds is 5. The molecule has 1 amide bonds. The predicted molar refractivity (Wildman–Crippen MR) is 149 cm³/mol. The van der Waals surface area contributed by atoms with Crippen molar-refractivity contribution in [1.82, 2.24) is 19.9 Å². The summed E-state index contributed by atoms with van der Waals surface area (Å²) in [5.41, 5.74) is 6.12. The molecule has 7 nitrogen and oxygen atoms in total. The smallest absolute Gasteiger partial charge is 0.245 e. The van der Waals surface area contributed by atoms with Gasteiger partial charge in [-0.25, -0.2) is 9.97 Å². The van der Waals surface area contributed by atoms with Gasteiger partial charge in [-0.1, -0.05) is 42.5 Å². The molecular formula is C30H34N6O. The molecule has 0 unspecified atom stereocenters. The zero-order valence-electron chi connectivity index (χ0n) is 21.6. The minimum absolute atomic E-state index is 0.0502. The number of carbonyl (C=O) groups is 1. The summed E-state index contributed by atoms with van der Waals surface area (Å²) in [6.45, 7) is 1.53.